The van der Waals surface area contributed by atoms with Crippen LogP contribution in [-0.4, -0.2) is 53.8 Å². The number of piperazine rings is 1. The molecule has 1 aliphatic carbocycles. The first-order chi connectivity index (χ1) is 13.9. The summed E-state index contributed by atoms with van der Waals surface area (Å²) in [6.45, 7) is 7.31. The Morgan fingerprint density at radius 3 is 2.45 bits per heavy atom. The minimum Gasteiger partial charge on any atom is -0.351 e. The van der Waals surface area contributed by atoms with Crippen LogP contribution in [0.25, 0.3) is 0 Å². The van der Waals surface area contributed by atoms with Crippen molar-refractivity contribution in [3.05, 3.63) is 35.6 Å². The van der Waals surface area contributed by atoms with E-state index in [4.69, 9.17) is 0 Å². The Kier molecular flexibility index (Phi) is 7.64. The van der Waals surface area contributed by atoms with Crippen LogP contribution in [0.15, 0.2) is 24.3 Å². The Bertz CT molecular complexity index is 695. The van der Waals surface area contributed by atoms with Crippen LogP contribution in [0.2, 0.25) is 0 Å². The minimum atomic E-state index is -0.286. The lowest BCUT2D eigenvalue weighted by atomic mass is 9.94. The van der Waals surface area contributed by atoms with Gasteiger partial charge in [0.25, 0.3) is 0 Å². The predicted molar refractivity (Wildman–Crippen MR) is 112 cm³/mol. The van der Waals surface area contributed by atoms with Gasteiger partial charge >= 0.3 is 0 Å². The van der Waals surface area contributed by atoms with Gasteiger partial charge in [-0.1, -0.05) is 38.8 Å². The van der Waals surface area contributed by atoms with Crippen molar-refractivity contribution in [1.82, 2.24) is 15.1 Å². The van der Waals surface area contributed by atoms with E-state index in [0.29, 0.717) is 37.9 Å². The van der Waals surface area contributed by atoms with Crippen molar-refractivity contribution >= 4 is 11.8 Å². The molecule has 0 bridgehead atoms. The fourth-order valence-electron chi connectivity index (χ4n) is 4.62. The minimum absolute atomic E-state index is 0.0307. The molecule has 5 nitrogen and oxygen atoms in total. The van der Waals surface area contributed by atoms with E-state index in [2.05, 4.69) is 24.1 Å². The van der Waals surface area contributed by atoms with E-state index < -0.39 is 0 Å². The van der Waals surface area contributed by atoms with Gasteiger partial charge in [0.05, 0.1) is 6.04 Å². The molecule has 1 N–H and O–H groups in total. The fourth-order valence-corrected chi connectivity index (χ4v) is 4.62. The second-order valence-corrected chi connectivity index (χ2v) is 8.85. The normalized spacial score (nSPS) is 19.5. The number of hydrogen-bond acceptors (Lipinski definition) is 3. The highest BCUT2D eigenvalue weighted by Crippen LogP contribution is 2.31. The summed E-state index contributed by atoms with van der Waals surface area (Å²) >= 11 is 0. The van der Waals surface area contributed by atoms with Gasteiger partial charge in [0, 0.05) is 39.1 Å². The van der Waals surface area contributed by atoms with E-state index in [1.54, 1.807) is 6.07 Å². The smallest absolute Gasteiger partial charge is 0.237 e. The summed E-state index contributed by atoms with van der Waals surface area (Å²) in [5.74, 6) is 0.683. The van der Waals surface area contributed by atoms with Crippen LogP contribution < -0.4 is 5.32 Å². The molecular weight excluding hydrogens is 369 g/mol. The van der Waals surface area contributed by atoms with Crippen LogP contribution in [0, 0.1) is 17.7 Å². The Morgan fingerprint density at radius 2 is 1.83 bits per heavy atom. The lowest BCUT2D eigenvalue weighted by Crippen LogP contribution is -2.58. The van der Waals surface area contributed by atoms with Gasteiger partial charge in [-0.3, -0.25) is 14.5 Å². The highest BCUT2D eigenvalue weighted by atomic mass is 19.1. The van der Waals surface area contributed by atoms with Gasteiger partial charge < -0.3 is 10.2 Å². The molecule has 2 fully saturated rings. The molecule has 29 heavy (non-hydrogen) atoms. The molecule has 160 valence electrons. The molecule has 1 saturated carbocycles. The third-order valence-electron chi connectivity index (χ3n) is 6.11. The molecular formula is C23H34FN3O2. The first kappa shape index (κ1) is 21.8. The Hall–Kier alpha value is -1.95. The number of benzene rings is 1. The van der Waals surface area contributed by atoms with Crippen molar-refractivity contribution < 1.29 is 14.0 Å². The number of amides is 2. The van der Waals surface area contributed by atoms with Gasteiger partial charge in [0.1, 0.15) is 5.82 Å². The lowest BCUT2D eigenvalue weighted by Gasteiger charge is -2.41. The molecule has 0 aromatic heterocycles. The summed E-state index contributed by atoms with van der Waals surface area (Å²) in [4.78, 5) is 29.7. The second-order valence-electron chi connectivity index (χ2n) is 8.85. The van der Waals surface area contributed by atoms with Crippen LogP contribution in [0.5, 0.6) is 0 Å². The summed E-state index contributed by atoms with van der Waals surface area (Å²) in [6.07, 6.45) is 5.08. The zero-order chi connectivity index (χ0) is 20.8. The number of nitrogens with one attached hydrogen (secondary N) is 1. The number of rotatable bonds is 7. The van der Waals surface area contributed by atoms with Gasteiger partial charge in [-0.05, 0) is 42.4 Å². The molecule has 1 aliphatic heterocycles. The number of carbonyl (C=O) groups excluding carboxylic acids is 2. The Labute approximate surface area is 173 Å². The fraction of sp³-hybridized carbons (Fsp3) is 0.652. The molecule has 1 atom stereocenters. The van der Waals surface area contributed by atoms with Crippen molar-refractivity contribution in [3.8, 4) is 0 Å². The molecule has 1 saturated heterocycles. The van der Waals surface area contributed by atoms with Crippen molar-refractivity contribution in [2.75, 3.05) is 26.2 Å². The summed E-state index contributed by atoms with van der Waals surface area (Å²) in [5.41, 5.74) is 0.771. The number of carbonyl (C=O) groups is 2. The molecule has 1 aromatic carbocycles. The van der Waals surface area contributed by atoms with Gasteiger partial charge in [-0.25, -0.2) is 4.39 Å². The maximum Gasteiger partial charge on any atom is 0.237 e. The first-order valence-corrected chi connectivity index (χ1v) is 11.0. The monoisotopic (exact) mass is 403 g/mol. The summed E-state index contributed by atoms with van der Waals surface area (Å²) in [6, 6.07) is 6.20. The van der Waals surface area contributed by atoms with E-state index in [0.717, 1.165) is 31.5 Å². The SMILES string of the molecule is CC(C)CC(=O)N1CCN([C@H](C(=O)NCc2cccc(F)c2)C2CCCC2)CC1. The molecule has 0 radical (unpaired) electrons. The van der Waals surface area contributed by atoms with E-state index in [9.17, 15) is 14.0 Å². The van der Waals surface area contributed by atoms with Gasteiger partial charge in [0.2, 0.25) is 11.8 Å². The highest BCUT2D eigenvalue weighted by molar-refractivity contribution is 5.82. The van der Waals surface area contributed by atoms with Crippen LogP contribution >= 0.6 is 0 Å². The third-order valence-corrected chi connectivity index (χ3v) is 6.11. The van der Waals surface area contributed by atoms with Crippen molar-refractivity contribution in [3.63, 3.8) is 0 Å². The molecule has 2 aliphatic rings. The number of halogens is 1. The van der Waals surface area contributed by atoms with Gasteiger partial charge in [-0.15, -0.1) is 0 Å². The van der Waals surface area contributed by atoms with Crippen molar-refractivity contribution in [1.29, 1.82) is 0 Å². The van der Waals surface area contributed by atoms with Crippen LogP contribution in [-0.2, 0) is 16.1 Å². The lowest BCUT2D eigenvalue weighted by molar-refractivity contribution is -0.136. The standard InChI is InChI=1S/C23H34FN3O2/c1-17(2)14-21(28)26-10-12-27(13-11-26)22(19-7-3-4-8-19)23(29)25-16-18-6-5-9-20(24)15-18/h5-6,9,15,17,19,22H,3-4,7-8,10-14,16H2,1-2H3,(H,25,29)/t22-/m0/s1. The molecule has 0 spiro atoms. The van der Waals surface area contributed by atoms with Gasteiger partial charge in [-0.2, -0.15) is 0 Å². The third kappa shape index (κ3) is 6.01. The maximum absolute atomic E-state index is 13.4. The van der Waals surface area contributed by atoms with E-state index in [1.165, 1.54) is 25.0 Å². The highest BCUT2D eigenvalue weighted by Gasteiger charge is 2.37. The molecule has 6 heteroatoms. The number of hydrogen-bond donors (Lipinski definition) is 1. The maximum atomic E-state index is 13.4. The van der Waals surface area contributed by atoms with E-state index >= 15 is 0 Å². The second kappa shape index (κ2) is 10.2. The van der Waals surface area contributed by atoms with E-state index in [-0.39, 0.29) is 23.7 Å². The quantitative estimate of drug-likeness (QED) is 0.761. The van der Waals surface area contributed by atoms with Crippen LogP contribution in [0.1, 0.15) is 51.5 Å². The number of nitrogens with zero attached hydrogens (tertiary/aromatic N) is 2. The van der Waals surface area contributed by atoms with E-state index in [1.807, 2.05) is 11.0 Å². The Morgan fingerprint density at radius 1 is 1.14 bits per heavy atom. The predicted octanol–water partition coefficient (Wildman–Crippen LogP) is 3.19. The average molecular weight is 404 g/mol. The van der Waals surface area contributed by atoms with Crippen molar-refractivity contribution in [2.45, 2.75) is 58.5 Å². The topological polar surface area (TPSA) is 52.7 Å². The molecule has 1 aromatic rings. The Balaban J connectivity index is 1.60. The van der Waals surface area contributed by atoms with Crippen LogP contribution in [0.4, 0.5) is 4.39 Å². The summed E-state index contributed by atoms with van der Waals surface area (Å²) in [7, 11) is 0. The molecule has 0 unspecified atom stereocenters. The average Bonchev–Trinajstić information content (AvgIpc) is 3.21. The largest absolute Gasteiger partial charge is 0.351 e. The molecule has 2 amide bonds. The first-order valence-electron chi connectivity index (χ1n) is 11.0. The van der Waals surface area contributed by atoms with Crippen LogP contribution in [0.3, 0.4) is 0 Å². The summed E-state index contributed by atoms with van der Waals surface area (Å²) in [5, 5.41) is 3.03. The molecule has 3 rings (SSSR count). The zero-order valence-corrected chi connectivity index (χ0v) is 17.7. The van der Waals surface area contributed by atoms with Crippen molar-refractivity contribution in [2.24, 2.45) is 11.8 Å². The summed E-state index contributed by atoms with van der Waals surface area (Å²) < 4.78 is 13.4. The zero-order valence-electron chi connectivity index (χ0n) is 17.7. The molecule has 1 heterocycles. The van der Waals surface area contributed by atoms with Gasteiger partial charge in [0.15, 0.2) is 0 Å².